The summed E-state index contributed by atoms with van der Waals surface area (Å²) in [5.74, 6) is -1.24. The molecule has 0 radical (unpaired) electrons. The Morgan fingerprint density at radius 3 is 2.19 bits per heavy atom. The van der Waals surface area contributed by atoms with Crippen LogP contribution in [0.3, 0.4) is 0 Å². The van der Waals surface area contributed by atoms with E-state index in [9.17, 15) is 31.2 Å². The van der Waals surface area contributed by atoms with Gasteiger partial charge < -0.3 is 10.2 Å². The lowest BCUT2D eigenvalue weighted by molar-refractivity contribution is -0.140. The highest BCUT2D eigenvalue weighted by atomic mass is 35.5. The number of hydrogen-bond acceptors (Lipinski definition) is 4. The predicted octanol–water partition coefficient (Wildman–Crippen LogP) is 4.77. The number of anilines is 1. The fraction of sp³-hybridized carbons (Fsp3) is 0.440. The van der Waals surface area contributed by atoms with Crippen molar-refractivity contribution in [1.82, 2.24) is 10.2 Å². The minimum Gasteiger partial charge on any atom is -0.350 e. The topological polar surface area (TPSA) is 86.8 Å². The van der Waals surface area contributed by atoms with E-state index in [1.54, 1.807) is 32.9 Å². The quantitative estimate of drug-likeness (QED) is 0.503. The zero-order chi connectivity index (χ0) is 28.3. The summed E-state index contributed by atoms with van der Waals surface area (Å²) in [7, 11) is -4.20. The molecular weight excluding hydrogens is 531 g/mol. The van der Waals surface area contributed by atoms with Crippen molar-refractivity contribution < 1.29 is 31.2 Å². The largest absolute Gasteiger partial charge is 0.417 e. The van der Waals surface area contributed by atoms with Gasteiger partial charge in [-0.25, -0.2) is 8.42 Å². The molecule has 37 heavy (non-hydrogen) atoms. The van der Waals surface area contributed by atoms with Gasteiger partial charge in [0.1, 0.15) is 12.6 Å². The van der Waals surface area contributed by atoms with Gasteiger partial charge in [0.15, 0.2) is 0 Å². The van der Waals surface area contributed by atoms with Crippen LogP contribution >= 0.6 is 11.6 Å². The molecule has 0 aliphatic rings. The van der Waals surface area contributed by atoms with Gasteiger partial charge in [0.2, 0.25) is 21.8 Å². The molecule has 0 aliphatic heterocycles. The van der Waals surface area contributed by atoms with Crippen LogP contribution in [0.5, 0.6) is 0 Å². The lowest BCUT2D eigenvalue weighted by Crippen LogP contribution is -2.54. The van der Waals surface area contributed by atoms with Crippen molar-refractivity contribution in [3.63, 3.8) is 0 Å². The van der Waals surface area contributed by atoms with Crippen molar-refractivity contribution >= 4 is 39.1 Å². The molecule has 0 spiro atoms. The van der Waals surface area contributed by atoms with Gasteiger partial charge in [0.25, 0.3) is 0 Å². The molecule has 2 aromatic carbocycles. The Kier molecular flexibility index (Phi) is 9.30. The summed E-state index contributed by atoms with van der Waals surface area (Å²) >= 11 is 5.68. The molecule has 204 valence electrons. The summed E-state index contributed by atoms with van der Waals surface area (Å²) in [6.45, 7) is 7.81. The molecule has 0 heterocycles. The Labute approximate surface area is 220 Å². The molecule has 0 aliphatic carbocycles. The van der Waals surface area contributed by atoms with E-state index in [0.717, 1.165) is 29.5 Å². The first-order chi connectivity index (χ1) is 16.8. The molecule has 0 aromatic heterocycles. The number of alkyl halides is 3. The zero-order valence-corrected chi connectivity index (χ0v) is 23.1. The van der Waals surface area contributed by atoms with Crippen LogP contribution < -0.4 is 9.62 Å². The van der Waals surface area contributed by atoms with E-state index in [2.05, 4.69) is 5.32 Å². The molecule has 12 heteroatoms. The van der Waals surface area contributed by atoms with E-state index in [1.165, 1.54) is 11.8 Å². The Morgan fingerprint density at radius 1 is 1.08 bits per heavy atom. The summed E-state index contributed by atoms with van der Waals surface area (Å²) in [6.07, 6.45) is -4.06. The third-order valence-corrected chi connectivity index (χ3v) is 6.96. The second-order valence-electron chi connectivity index (χ2n) is 9.79. The van der Waals surface area contributed by atoms with Gasteiger partial charge in [-0.2, -0.15) is 13.2 Å². The lowest BCUT2D eigenvalue weighted by Gasteiger charge is -2.33. The molecule has 7 nitrogen and oxygen atoms in total. The number of hydrogen-bond donors (Lipinski definition) is 1. The molecule has 0 bridgehead atoms. The van der Waals surface area contributed by atoms with Crippen LogP contribution in [0.1, 0.15) is 44.4 Å². The second kappa shape index (κ2) is 11.3. The molecule has 2 rings (SSSR count). The van der Waals surface area contributed by atoms with Crippen molar-refractivity contribution in [2.45, 2.75) is 58.9 Å². The third-order valence-electron chi connectivity index (χ3n) is 5.49. The van der Waals surface area contributed by atoms with Gasteiger partial charge in [-0.15, -0.1) is 0 Å². The van der Waals surface area contributed by atoms with E-state index >= 15 is 0 Å². The van der Waals surface area contributed by atoms with Gasteiger partial charge in [0, 0.05) is 12.1 Å². The van der Waals surface area contributed by atoms with Crippen molar-refractivity contribution in [2.24, 2.45) is 0 Å². The highest BCUT2D eigenvalue weighted by Crippen LogP contribution is 2.37. The van der Waals surface area contributed by atoms with Gasteiger partial charge in [-0.05, 0) is 63.9 Å². The first-order valence-corrected chi connectivity index (χ1v) is 13.5. The first-order valence-electron chi connectivity index (χ1n) is 11.3. The SMILES string of the molecule is Cc1ccccc1CN(C(=O)CN(c1ccc(Cl)c(C(F)(F)F)c1)S(C)(=O)=O)[C@@H](C)C(=O)NC(C)(C)C. The van der Waals surface area contributed by atoms with Crippen LogP contribution in [0.15, 0.2) is 42.5 Å². The Morgan fingerprint density at radius 2 is 1.68 bits per heavy atom. The number of aryl methyl sites for hydroxylation is 1. The van der Waals surface area contributed by atoms with Gasteiger partial charge >= 0.3 is 6.18 Å². The molecule has 0 saturated heterocycles. The van der Waals surface area contributed by atoms with E-state index < -0.39 is 56.7 Å². The van der Waals surface area contributed by atoms with Gasteiger partial charge in [-0.1, -0.05) is 35.9 Å². The Balaban J connectivity index is 2.51. The van der Waals surface area contributed by atoms with Crippen LogP contribution in [0.4, 0.5) is 18.9 Å². The summed E-state index contributed by atoms with van der Waals surface area (Å²) in [4.78, 5) is 27.7. The first kappa shape index (κ1) is 30.4. The minimum atomic E-state index is -4.84. The van der Waals surface area contributed by atoms with E-state index in [-0.39, 0.29) is 12.2 Å². The van der Waals surface area contributed by atoms with Gasteiger partial charge in [-0.3, -0.25) is 13.9 Å². The maximum absolute atomic E-state index is 13.5. The number of carbonyl (C=O) groups is 2. The van der Waals surface area contributed by atoms with Crippen LogP contribution in [0.2, 0.25) is 5.02 Å². The average molecular weight is 562 g/mol. The maximum Gasteiger partial charge on any atom is 0.417 e. The van der Waals surface area contributed by atoms with Crippen LogP contribution in [-0.4, -0.2) is 49.5 Å². The molecule has 1 N–H and O–H groups in total. The fourth-order valence-electron chi connectivity index (χ4n) is 3.53. The molecule has 1 atom stereocenters. The summed E-state index contributed by atoms with van der Waals surface area (Å²) in [5.41, 5.74) is -0.643. The number of rotatable bonds is 8. The van der Waals surface area contributed by atoms with Crippen molar-refractivity contribution in [2.75, 3.05) is 17.1 Å². The Hall–Kier alpha value is -2.79. The van der Waals surface area contributed by atoms with Gasteiger partial charge in [0.05, 0.1) is 22.5 Å². The molecule has 2 aromatic rings. The average Bonchev–Trinajstić information content (AvgIpc) is 2.74. The fourth-order valence-corrected chi connectivity index (χ4v) is 4.59. The summed E-state index contributed by atoms with van der Waals surface area (Å²) in [6, 6.07) is 8.76. The number of benzene rings is 2. The second-order valence-corrected chi connectivity index (χ2v) is 12.1. The van der Waals surface area contributed by atoms with Crippen molar-refractivity contribution in [3.8, 4) is 0 Å². The van der Waals surface area contributed by atoms with E-state index in [1.807, 2.05) is 19.1 Å². The van der Waals surface area contributed by atoms with Crippen LogP contribution in [0, 0.1) is 6.92 Å². The number of nitrogens with one attached hydrogen (secondary N) is 1. The molecule has 0 unspecified atom stereocenters. The number of nitrogens with zero attached hydrogens (tertiary/aromatic N) is 2. The highest BCUT2D eigenvalue weighted by molar-refractivity contribution is 7.92. The number of sulfonamides is 1. The standard InChI is InChI=1S/C25H31ClF3N3O4S/c1-16-9-7-8-10-18(16)14-31(17(2)23(34)30-24(3,4)5)22(33)15-32(37(6,35)36)19-11-12-21(26)20(13-19)25(27,28)29/h7-13,17H,14-15H2,1-6H3,(H,30,34)/t17-/m0/s1. The normalized spacial score (nSPS) is 13.1. The van der Waals surface area contributed by atoms with Crippen molar-refractivity contribution in [1.29, 1.82) is 0 Å². The number of halogens is 4. The zero-order valence-electron chi connectivity index (χ0n) is 21.5. The number of carbonyl (C=O) groups excluding carboxylic acids is 2. The monoisotopic (exact) mass is 561 g/mol. The third kappa shape index (κ3) is 8.36. The summed E-state index contributed by atoms with van der Waals surface area (Å²) < 4.78 is 66.0. The van der Waals surface area contributed by atoms with E-state index in [0.29, 0.717) is 10.4 Å². The Bertz CT molecular complexity index is 1260. The highest BCUT2D eigenvalue weighted by Gasteiger charge is 2.36. The molecule has 2 amide bonds. The van der Waals surface area contributed by atoms with E-state index in [4.69, 9.17) is 11.6 Å². The van der Waals surface area contributed by atoms with Crippen LogP contribution in [0.25, 0.3) is 0 Å². The predicted molar refractivity (Wildman–Crippen MR) is 138 cm³/mol. The van der Waals surface area contributed by atoms with Crippen LogP contribution in [-0.2, 0) is 32.3 Å². The maximum atomic E-state index is 13.5. The lowest BCUT2D eigenvalue weighted by atomic mass is 10.1. The molecular formula is C25H31ClF3N3O4S. The van der Waals surface area contributed by atoms with Crippen molar-refractivity contribution in [3.05, 3.63) is 64.2 Å². The number of amides is 2. The summed E-state index contributed by atoms with van der Waals surface area (Å²) in [5, 5.41) is 2.19. The minimum absolute atomic E-state index is 0.0176. The smallest absolute Gasteiger partial charge is 0.350 e. The molecule has 0 fully saturated rings. The molecule has 0 saturated carbocycles.